The second-order valence-electron chi connectivity index (χ2n) is 7.28. The molecule has 1 saturated heterocycles. The monoisotopic (exact) mass is 447 g/mol. The lowest BCUT2D eigenvalue weighted by atomic mass is 10.1. The zero-order chi connectivity index (χ0) is 21.2. The largest absolute Gasteiger partial charge is 0.421 e. The fraction of sp³-hybridized carbons (Fsp3) is 0.444. The molecule has 2 heterocycles. The van der Waals surface area contributed by atoms with Crippen LogP contribution < -0.4 is 21.3 Å². The molecule has 2 aromatic rings. The zero-order valence-electron chi connectivity index (χ0n) is 16.0. The molecular weight excluding hydrogens is 426 g/mol. The van der Waals surface area contributed by atoms with E-state index in [-0.39, 0.29) is 17.7 Å². The molecule has 3 N–H and O–H groups in total. The van der Waals surface area contributed by atoms with Crippen LogP contribution in [0.25, 0.3) is 0 Å². The molecule has 1 aromatic heterocycles. The Hall–Kier alpha value is -1.83. The van der Waals surface area contributed by atoms with Crippen molar-refractivity contribution in [2.24, 2.45) is 0 Å². The quantitative estimate of drug-likeness (QED) is 0.593. The lowest BCUT2D eigenvalue weighted by molar-refractivity contribution is -0.137. The Labute approximate surface area is 172 Å². The van der Waals surface area contributed by atoms with Gasteiger partial charge in [-0.15, -0.1) is 0 Å². The minimum absolute atomic E-state index is 0.0333. The highest BCUT2D eigenvalue weighted by atomic mass is 35.5. The van der Waals surface area contributed by atoms with Crippen molar-refractivity contribution in [3.63, 3.8) is 0 Å². The first kappa shape index (κ1) is 21.9. The van der Waals surface area contributed by atoms with Crippen LogP contribution in [0.15, 0.2) is 24.4 Å². The van der Waals surface area contributed by atoms with Crippen LogP contribution in [0.1, 0.15) is 18.4 Å². The summed E-state index contributed by atoms with van der Waals surface area (Å²) in [5, 5.41) is 9.69. The molecule has 0 unspecified atom stereocenters. The number of hydrogen-bond acceptors (Lipinski definition) is 6. The van der Waals surface area contributed by atoms with E-state index in [1.807, 2.05) is 0 Å². The van der Waals surface area contributed by atoms with Crippen molar-refractivity contribution in [1.29, 1.82) is 0 Å². The normalized spacial score (nSPS) is 17.8. The van der Waals surface area contributed by atoms with Gasteiger partial charge in [-0.1, -0.05) is 11.6 Å². The van der Waals surface area contributed by atoms with E-state index in [9.17, 15) is 17.7 Å². The Bertz CT molecular complexity index is 928. The Morgan fingerprint density at radius 2 is 2.07 bits per heavy atom. The molecule has 1 aliphatic rings. The molecule has 1 aromatic carbocycles. The lowest BCUT2D eigenvalue weighted by Crippen LogP contribution is -2.38. The van der Waals surface area contributed by atoms with Crippen LogP contribution in [0.2, 0.25) is 5.02 Å². The Kier molecular flexibility index (Phi) is 6.41. The first-order valence-corrected chi connectivity index (χ1v) is 12.1. The molecule has 0 bridgehead atoms. The maximum Gasteiger partial charge on any atom is 0.421 e. The summed E-state index contributed by atoms with van der Waals surface area (Å²) in [4.78, 5) is 7.91. The molecule has 0 saturated carbocycles. The summed E-state index contributed by atoms with van der Waals surface area (Å²) in [6, 6.07) is 4.54. The second kappa shape index (κ2) is 8.50. The summed E-state index contributed by atoms with van der Waals surface area (Å²) in [6.07, 6.45) is -2.07. The third kappa shape index (κ3) is 5.62. The molecule has 6 nitrogen and oxygen atoms in total. The van der Waals surface area contributed by atoms with E-state index in [4.69, 9.17) is 11.6 Å². The summed E-state index contributed by atoms with van der Waals surface area (Å²) < 4.78 is 53.2. The van der Waals surface area contributed by atoms with Crippen LogP contribution in [-0.4, -0.2) is 42.4 Å². The lowest BCUT2D eigenvalue weighted by Gasteiger charge is -2.24. The molecule has 11 heteroatoms. The average Bonchev–Trinajstić information content (AvgIpc) is 2.62. The van der Waals surface area contributed by atoms with Gasteiger partial charge in [0.05, 0.1) is 5.69 Å². The molecule has 3 rings (SSSR count). The third-order valence-electron chi connectivity index (χ3n) is 4.52. The van der Waals surface area contributed by atoms with Crippen LogP contribution in [-0.2, 0) is 10.7 Å². The number of benzene rings is 1. The molecule has 158 valence electrons. The van der Waals surface area contributed by atoms with Gasteiger partial charge in [-0.25, -0.2) is 4.98 Å². The molecule has 0 amide bonds. The smallest absolute Gasteiger partial charge is 0.350 e. The summed E-state index contributed by atoms with van der Waals surface area (Å²) in [6.45, 7) is 4.64. The van der Waals surface area contributed by atoms with Crippen molar-refractivity contribution in [3.8, 4) is 0 Å². The van der Waals surface area contributed by atoms with Crippen molar-refractivity contribution in [3.05, 3.63) is 35.0 Å². The van der Waals surface area contributed by atoms with Gasteiger partial charge in [0.15, 0.2) is 0 Å². The van der Waals surface area contributed by atoms with E-state index < -0.39 is 24.7 Å². The summed E-state index contributed by atoms with van der Waals surface area (Å²) >= 11 is 5.99. The van der Waals surface area contributed by atoms with E-state index in [2.05, 4.69) is 25.9 Å². The SMILES string of the molecule is CP(C)(=O)c1cc(Cl)ccc1Nc1nc(N[C@H]2CCCNC2)ncc1C(F)(F)F. The molecule has 0 spiro atoms. The van der Waals surface area contributed by atoms with E-state index in [1.165, 1.54) is 31.5 Å². The first-order valence-electron chi connectivity index (χ1n) is 9.07. The fourth-order valence-electron chi connectivity index (χ4n) is 3.10. The van der Waals surface area contributed by atoms with Crippen molar-refractivity contribution in [2.75, 3.05) is 37.1 Å². The highest BCUT2D eigenvalue weighted by Crippen LogP contribution is 2.41. The van der Waals surface area contributed by atoms with Gasteiger partial charge in [-0.2, -0.15) is 18.2 Å². The molecule has 0 radical (unpaired) electrons. The van der Waals surface area contributed by atoms with Crippen LogP contribution in [0.5, 0.6) is 0 Å². The van der Waals surface area contributed by atoms with Crippen molar-refractivity contribution >= 4 is 41.5 Å². The van der Waals surface area contributed by atoms with Gasteiger partial charge in [-0.3, -0.25) is 0 Å². The number of anilines is 3. The van der Waals surface area contributed by atoms with Crippen LogP contribution in [0.4, 0.5) is 30.6 Å². The molecule has 29 heavy (non-hydrogen) atoms. The highest BCUT2D eigenvalue weighted by molar-refractivity contribution is 7.70. The van der Waals surface area contributed by atoms with Crippen molar-refractivity contribution in [2.45, 2.75) is 25.1 Å². The van der Waals surface area contributed by atoms with E-state index >= 15 is 0 Å². The number of nitrogens with one attached hydrogen (secondary N) is 3. The van der Waals surface area contributed by atoms with E-state index in [0.29, 0.717) is 16.9 Å². The molecule has 1 atom stereocenters. The van der Waals surface area contributed by atoms with Gasteiger partial charge in [0.2, 0.25) is 5.95 Å². The maximum atomic E-state index is 13.5. The molecule has 1 fully saturated rings. The minimum atomic E-state index is -4.65. The highest BCUT2D eigenvalue weighted by Gasteiger charge is 2.36. The Morgan fingerprint density at radius 1 is 1.31 bits per heavy atom. The van der Waals surface area contributed by atoms with Crippen LogP contribution in [0.3, 0.4) is 0 Å². The summed E-state index contributed by atoms with van der Waals surface area (Å²) in [7, 11) is -2.81. The number of aromatic nitrogens is 2. The number of nitrogens with zero attached hydrogens (tertiary/aromatic N) is 2. The number of alkyl halides is 3. The maximum absolute atomic E-state index is 13.5. The second-order valence-corrected chi connectivity index (χ2v) is 10.9. The topological polar surface area (TPSA) is 78.9 Å². The van der Waals surface area contributed by atoms with Crippen molar-refractivity contribution in [1.82, 2.24) is 15.3 Å². The molecular formula is C18H22ClF3N5OP. The first-order chi connectivity index (χ1) is 13.5. The van der Waals surface area contributed by atoms with E-state index in [1.54, 1.807) is 0 Å². The van der Waals surface area contributed by atoms with Crippen LogP contribution >= 0.6 is 18.7 Å². The number of piperidine rings is 1. The van der Waals surface area contributed by atoms with Gasteiger partial charge in [-0.05, 0) is 50.9 Å². The van der Waals surface area contributed by atoms with Gasteiger partial charge in [0.1, 0.15) is 18.5 Å². The van der Waals surface area contributed by atoms with Gasteiger partial charge >= 0.3 is 6.18 Å². The van der Waals surface area contributed by atoms with E-state index in [0.717, 1.165) is 25.6 Å². The minimum Gasteiger partial charge on any atom is -0.350 e. The van der Waals surface area contributed by atoms with Crippen LogP contribution in [0, 0.1) is 0 Å². The Morgan fingerprint density at radius 3 is 2.69 bits per heavy atom. The van der Waals surface area contributed by atoms with Gasteiger partial charge in [0, 0.05) is 29.1 Å². The zero-order valence-corrected chi connectivity index (χ0v) is 17.6. The third-order valence-corrected chi connectivity index (χ3v) is 6.28. The molecule has 1 aliphatic heterocycles. The predicted octanol–water partition coefficient (Wildman–Crippen LogP) is 4.30. The summed E-state index contributed by atoms with van der Waals surface area (Å²) in [5.41, 5.74) is -0.745. The van der Waals surface area contributed by atoms with Crippen molar-refractivity contribution < 1.29 is 17.7 Å². The number of rotatable bonds is 5. The Balaban J connectivity index is 1.98. The standard InChI is InChI=1S/C18H22ClF3N5OP/c1-29(2,28)15-8-11(19)5-6-14(15)26-16-13(18(20,21)22)10-24-17(27-16)25-12-4-3-7-23-9-12/h5-6,8,10,12,23H,3-4,7,9H2,1-2H3,(H2,24,25,26,27)/t12-/m0/s1. The van der Waals surface area contributed by atoms with Gasteiger partial charge < -0.3 is 20.5 Å². The summed E-state index contributed by atoms with van der Waals surface area (Å²) in [5.74, 6) is -0.309. The average molecular weight is 448 g/mol. The fourth-order valence-corrected chi connectivity index (χ4v) is 4.50. The molecule has 0 aliphatic carbocycles. The van der Waals surface area contributed by atoms with Gasteiger partial charge in [0.25, 0.3) is 0 Å². The predicted molar refractivity (Wildman–Crippen MR) is 110 cm³/mol. The number of hydrogen-bond donors (Lipinski definition) is 3. The number of halogens is 4.